The predicted molar refractivity (Wildman–Crippen MR) is 106 cm³/mol. The van der Waals surface area contributed by atoms with E-state index in [-0.39, 0.29) is 11.7 Å². The highest BCUT2D eigenvalue weighted by atomic mass is 16.5. The van der Waals surface area contributed by atoms with Gasteiger partial charge in [0.2, 0.25) is 0 Å². The minimum absolute atomic E-state index is 0.0444. The molecule has 0 fully saturated rings. The average molecular weight is 373 g/mol. The first kappa shape index (κ1) is 17.8. The summed E-state index contributed by atoms with van der Waals surface area (Å²) in [4.78, 5) is 25.3. The number of hydrogen-bond acceptors (Lipinski definition) is 4. The third-order valence-electron chi connectivity index (χ3n) is 4.92. The van der Waals surface area contributed by atoms with E-state index < -0.39 is 0 Å². The molecule has 0 unspecified atom stereocenters. The molecule has 1 aliphatic carbocycles. The van der Waals surface area contributed by atoms with Crippen molar-refractivity contribution in [2.75, 3.05) is 14.2 Å². The lowest BCUT2D eigenvalue weighted by atomic mass is 10.0. The minimum Gasteiger partial charge on any atom is -0.497 e. The summed E-state index contributed by atoms with van der Waals surface area (Å²) < 4.78 is 10.5. The number of carbonyl (C=O) groups excluding carboxylic acids is 2. The number of nitrogens with one attached hydrogen (secondary N) is 1. The summed E-state index contributed by atoms with van der Waals surface area (Å²) >= 11 is 0. The average Bonchev–Trinajstić information content (AvgIpc) is 3.03. The maximum absolute atomic E-state index is 12.6. The van der Waals surface area contributed by atoms with Crippen LogP contribution in [0.5, 0.6) is 11.5 Å². The molecule has 3 aromatic rings. The second kappa shape index (κ2) is 7.19. The van der Waals surface area contributed by atoms with Crippen molar-refractivity contribution in [2.45, 2.75) is 6.54 Å². The highest BCUT2D eigenvalue weighted by Crippen LogP contribution is 2.36. The Morgan fingerprint density at radius 1 is 0.857 bits per heavy atom. The van der Waals surface area contributed by atoms with Gasteiger partial charge >= 0.3 is 0 Å². The fourth-order valence-corrected chi connectivity index (χ4v) is 3.44. The van der Waals surface area contributed by atoms with Crippen LogP contribution in [0.15, 0.2) is 60.7 Å². The smallest absolute Gasteiger partial charge is 0.251 e. The van der Waals surface area contributed by atoms with Crippen molar-refractivity contribution >= 4 is 11.7 Å². The number of fused-ring (bicyclic) bond motifs is 3. The maximum atomic E-state index is 12.6. The molecule has 0 radical (unpaired) electrons. The van der Waals surface area contributed by atoms with Gasteiger partial charge in [-0.2, -0.15) is 0 Å². The minimum atomic E-state index is -0.246. The molecule has 28 heavy (non-hydrogen) atoms. The first-order valence-electron chi connectivity index (χ1n) is 8.89. The fourth-order valence-electron chi connectivity index (χ4n) is 3.44. The van der Waals surface area contributed by atoms with Crippen LogP contribution in [0.4, 0.5) is 0 Å². The van der Waals surface area contributed by atoms with Crippen LogP contribution in [0, 0.1) is 0 Å². The van der Waals surface area contributed by atoms with Crippen LogP contribution in [0.1, 0.15) is 31.8 Å². The van der Waals surface area contributed by atoms with Crippen LogP contribution in [0.2, 0.25) is 0 Å². The van der Waals surface area contributed by atoms with Gasteiger partial charge in [0, 0.05) is 34.9 Å². The first-order valence-corrected chi connectivity index (χ1v) is 8.89. The molecule has 1 amide bonds. The lowest BCUT2D eigenvalue weighted by Gasteiger charge is -2.12. The summed E-state index contributed by atoms with van der Waals surface area (Å²) in [5, 5.41) is 2.88. The van der Waals surface area contributed by atoms with E-state index in [0.717, 1.165) is 16.7 Å². The van der Waals surface area contributed by atoms with E-state index in [1.165, 1.54) is 0 Å². The van der Waals surface area contributed by atoms with Crippen LogP contribution in [0.25, 0.3) is 11.1 Å². The second-order valence-corrected chi connectivity index (χ2v) is 6.50. The molecule has 3 aromatic carbocycles. The molecule has 0 bridgehead atoms. The molecule has 0 aromatic heterocycles. The predicted octanol–water partition coefficient (Wildman–Crippen LogP) is 3.85. The van der Waals surface area contributed by atoms with Crippen molar-refractivity contribution in [3.63, 3.8) is 0 Å². The van der Waals surface area contributed by atoms with Crippen molar-refractivity contribution < 1.29 is 19.1 Å². The third-order valence-corrected chi connectivity index (χ3v) is 4.92. The van der Waals surface area contributed by atoms with Gasteiger partial charge in [0.25, 0.3) is 5.91 Å². The summed E-state index contributed by atoms with van der Waals surface area (Å²) in [6.07, 6.45) is 0. The first-order chi connectivity index (χ1) is 13.6. The number of carbonyl (C=O) groups is 2. The summed E-state index contributed by atoms with van der Waals surface area (Å²) in [6.45, 7) is 0.303. The number of amides is 1. The Hall–Kier alpha value is -3.60. The highest BCUT2D eigenvalue weighted by Gasteiger charge is 2.27. The molecule has 5 nitrogen and oxygen atoms in total. The molecular weight excluding hydrogens is 354 g/mol. The van der Waals surface area contributed by atoms with Gasteiger partial charge in [-0.1, -0.05) is 30.3 Å². The number of hydrogen-bond donors (Lipinski definition) is 1. The Morgan fingerprint density at radius 3 is 2.36 bits per heavy atom. The topological polar surface area (TPSA) is 64.6 Å². The van der Waals surface area contributed by atoms with Crippen LogP contribution in [-0.2, 0) is 6.54 Å². The van der Waals surface area contributed by atoms with Gasteiger partial charge in [-0.05, 0) is 35.4 Å². The lowest BCUT2D eigenvalue weighted by Crippen LogP contribution is -2.23. The number of rotatable bonds is 5. The summed E-state index contributed by atoms with van der Waals surface area (Å²) in [5.41, 5.74) is 4.31. The molecule has 4 rings (SSSR count). The van der Waals surface area contributed by atoms with Crippen LogP contribution >= 0.6 is 0 Å². The van der Waals surface area contributed by atoms with Gasteiger partial charge < -0.3 is 14.8 Å². The van der Waals surface area contributed by atoms with Crippen molar-refractivity contribution in [1.29, 1.82) is 0 Å². The van der Waals surface area contributed by atoms with Gasteiger partial charge in [0.1, 0.15) is 11.5 Å². The Balaban J connectivity index is 1.54. The quantitative estimate of drug-likeness (QED) is 0.577. The number of ketones is 1. The van der Waals surface area contributed by atoms with E-state index in [1.807, 2.05) is 42.5 Å². The second-order valence-electron chi connectivity index (χ2n) is 6.50. The van der Waals surface area contributed by atoms with E-state index >= 15 is 0 Å². The van der Waals surface area contributed by atoms with Crippen LogP contribution in [-0.4, -0.2) is 25.9 Å². The largest absolute Gasteiger partial charge is 0.497 e. The van der Waals surface area contributed by atoms with Crippen molar-refractivity contribution in [3.05, 3.63) is 82.9 Å². The molecular formula is C23H19NO4. The summed E-state index contributed by atoms with van der Waals surface area (Å²) in [6, 6.07) is 18.2. The number of methoxy groups -OCH3 is 2. The maximum Gasteiger partial charge on any atom is 0.251 e. The molecule has 0 saturated carbocycles. The molecule has 5 heteroatoms. The van der Waals surface area contributed by atoms with Crippen LogP contribution < -0.4 is 14.8 Å². The van der Waals surface area contributed by atoms with E-state index in [0.29, 0.717) is 34.7 Å². The zero-order valence-electron chi connectivity index (χ0n) is 15.6. The van der Waals surface area contributed by atoms with Crippen molar-refractivity contribution in [3.8, 4) is 22.6 Å². The fraction of sp³-hybridized carbons (Fsp3) is 0.130. The Kier molecular flexibility index (Phi) is 4.57. The summed E-state index contributed by atoms with van der Waals surface area (Å²) in [5.74, 6) is 1.03. The molecule has 0 spiro atoms. The van der Waals surface area contributed by atoms with Gasteiger partial charge in [0.05, 0.1) is 14.2 Å². The summed E-state index contributed by atoms with van der Waals surface area (Å²) in [7, 11) is 3.16. The van der Waals surface area contributed by atoms with Gasteiger partial charge in [-0.25, -0.2) is 0 Å². The Bertz CT molecular complexity index is 1090. The number of ether oxygens (including phenoxy) is 2. The van der Waals surface area contributed by atoms with Gasteiger partial charge in [-0.3, -0.25) is 9.59 Å². The molecule has 0 atom stereocenters. The molecule has 0 aliphatic heterocycles. The van der Waals surface area contributed by atoms with E-state index in [1.54, 1.807) is 32.4 Å². The van der Waals surface area contributed by atoms with Gasteiger partial charge in [-0.15, -0.1) is 0 Å². The molecule has 0 heterocycles. The Morgan fingerprint density at radius 2 is 1.61 bits per heavy atom. The zero-order chi connectivity index (χ0) is 19.7. The van der Waals surface area contributed by atoms with E-state index in [4.69, 9.17) is 9.47 Å². The van der Waals surface area contributed by atoms with E-state index in [9.17, 15) is 9.59 Å². The van der Waals surface area contributed by atoms with E-state index in [2.05, 4.69) is 5.32 Å². The normalized spacial score (nSPS) is 11.6. The molecule has 1 aliphatic rings. The standard InChI is InChI=1S/C23H19NO4/c1-27-16-9-7-15(21(12-16)28-2)13-24-23(26)14-8-10-18-17-5-3-4-6-19(17)22(25)20(18)11-14/h3-12H,13H2,1-2H3,(H,24,26). The molecule has 140 valence electrons. The lowest BCUT2D eigenvalue weighted by molar-refractivity contribution is 0.0950. The Labute approximate surface area is 162 Å². The molecule has 1 N–H and O–H groups in total. The SMILES string of the molecule is COc1ccc(CNC(=O)c2ccc3c(c2)C(=O)c2ccccc2-3)c(OC)c1. The van der Waals surface area contributed by atoms with Crippen molar-refractivity contribution in [2.24, 2.45) is 0 Å². The third kappa shape index (κ3) is 3.01. The van der Waals surface area contributed by atoms with Gasteiger partial charge in [0.15, 0.2) is 5.78 Å². The van der Waals surface area contributed by atoms with Crippen molar-refractivity contribution in [1.82, 2.24) is 5.32 Å². The zero-order valence-corrected chi connectivity index (χ0v) is 15.6. The highest BCUT2D eigenvalue weighted by molar-refractivity contribution is 6.22. The van der Waals surface area contributed by atoms with Crippen LogP contribution in [0.3, 0.4) is 0 Å². The molecule has 0 saturated heterocycles. The number of benzene rings is 3. The monoisotopic (exact) mass is 373 g/mol.